The van der Waals surface area contributed by atoms with Crippen molar-refractivity contribution < 1.29 is 9.53 Å². The van der Waals surface area contributed by atoms with Crippen molar-refractivity contribution in [3.05, 3.63) is 35.9 Å². The monoisotopic (exact) mass is 290 g/mol. The summed E-state index contributed by atoms with van der Waals surface area (Å²) in [7, 11) is 0. The number of ether oxygens (including phenoxy) is 1. The Balaban J connectivity index is 1.76. The SMILES string of the molecule is CC(CCc1ccccc1)NC(=O)N1CC(C)OC(C)C1. The fourth-order valence-electron chi connectivity index (χ4n) is 2.75. The number of carbonyl (C=O) groups excluding carboxylic acids is 1. The highest BCUT2D eigenvalue weighted by molar-refractivity contribution is 5.74. The van der Waals surface area contributed by atoms with Crippen molar-refractivity contribution in [2.75, 3.05) is 13.1 Å². The van der Waals surface area contributed by atoms with Gasteiger partial charge in [0.15, 0.2) is 0 Å². The topological polar surface area (TPSA) is 41.6 Å². The number of hydrogen-bond donors (Lipinski definition) is 1. The van der Waals surface area contributed by atoms with Gasteiger partial charge < -0.3 is 15.0 Å². The van der Waals surface area contributed by atoms with Crippen molar-refractivity contribution in [3.63, 3.8) is 0 Å². The van der Waals surface area contributed by atoms with Crippen molar-refractivity contribution >= 4 is 6.03 Å². The summed E-state index contributed by atoms with van der Waals surface area (Å²) in [6.45, 7) is 7.42. The van der Waals surface area contributed by atoms with Crippen LogP contribution in [0.1, 0.15) is 32.8 Å². The Bertz CT molecular complexity index is 439. The van der Waals surface area contributed by atoms with Crippen LogP contribution in [0.5, 0.6) is 0 Å². The molecule has 0 bridgehead atoms. The first-order valence-corrected chi connectivity index (χ1v) is 7.79. The smallest absolute Gasteiger partial charge is 0.317 e. The van der Waals surface area contributed by atoms with E-state index in [1.807, 2.05) is 24.8 Å². The Morgan fingerprint density at radius 3 is 2.52 bits per heavy atom. The zero-order valence-corrected chi connectivity index (χ0v) is 13.2. The lowest BCUT2D eigenvalue weighted by atomic mass is 10.1. The molecule has 3 atom stereocenters. The second kappa shape index (κ2) is 7.46. The molecule has 1 aromatic rings. The van der Waals surface area contributed by atoms with Gasteiger partial charge in [0.2, 0.25) is 0 Å². The van der Waals surface area contributed by atoms with Gasteiger partial charge in [0, 0.05) is 19.1 Å². The number of hydrogen-bond acceptors (Lipinski definition) is 2. The summed E-state index contributed by atoms with van der Waals surface area (Å²) in [5.41, 5.74) is 1.31. The molecule has 0 aliphatic carbocycles. The standard InChI is InChI=1S/C17H26N2O2/c1-13(9-10-16-7-5-4-6-8-16)18-17(20)19-11-14(2)21-15(3)12-19/h4-8,13-15H,9-12H2,1-3H3,(H,18,20). The number of aryl methyl sites for hydroxylation is 1. The number of nitrogens with one attached hydrogen (secondary N) is 1. The van der Waals surface area contributed by atoms with E-state index in [1.54, 1.807) is 0 Å². The molecule has 1 saturated heterocycles. The number of benzene rings is 1. The Labute approximate surface area is 127 Å². The number of nitrogens with zero attached hydrogens (tertiary/aromatic N) is 1. The van der Waals surface area contributed by atoms with Gasteiger partial charge in [0.1, 0.15) is 0 Å². The van der Waals surface area contributed by atoms with Crippen LogP contribution in [0.3, 0.4) is 0 Å². The molecule has 0 spiro atoms. The molecule has 1 fully saturated rings. The van der Waals surface area contributed by atoms with Crippen LogP contribution >= 0.6 is 0 Å². The summed E-state index contributed by atoms with van der Waals surface area (Å²) in [6, 6.07) is 10.6. The summed E-state index contributed by atoms with van der Waals surface area (Å²) < 4.78 is 5.66. The largest absolute Gasteiger partial charge is 0.372 e. The van der Waals surface area contributed by atoms with Gasteiger partial charge in [-0.1, -0.05) is 30.3 Å². The molecule has 0 radical (unpaired) electrons. The van der Waals surface area contributed by atoms with E-state index in [1.165, 1.54) is 5.56 Å². The molecule has 116 valence electrons. The molecule has 4 heteroatoms. The van der Waals surface area contributed by atoms with Crippen LogP contribution in [0.2, 0.25) is 0 Å². The van der Waals surface area contributed by atoms with Crippen molar-refractivity contribution in [3.8, 4) is 0 Å². The van der Waals surface area contributed by atoms with Gasteiger partial charge in [-0.15, -0.1) is 0 Å². The third-order valence-corrected chi connectivity index (χ3v) is 3.79. The summed E-state index contributed by atoms with van der Waals surface area (Å²) in [5, 5.41) is 3.09. The molecule has 21 heavy (non-hydrogen) atoms. The Kier molecular flexibility index (Phi) is 5.62. The van der Waals surface area contributed by atoms with Crippen molar-refractivity contribution in [1.29, 1.82) is 0 Å². The van der Waals surface area contributed by atoms with Crippen LogP contribution < -0.4 is 5.32 Å². The third kappa shape index (κ3) is 5.05. The Hall–Kier alpha value is -1.55. The lowest BCUT2D eigenvalue weighted by molar-refractivity contribution is -0.0547. The van der Waals surface area contributed by atoms with Gasteiger partial charge in [-0.2, -0.15) is 0 Å². The van der Waals surface area contributed by atoms with E-state index in [4.69, 9.17) is 4.74 Å². The second-order valence-corrected chi connectivity index (χ2v) is 6.04. The van der Waals surface area contributed by atoms with Gasteiger partial charge >= 0.3 is 6.03 Å². The molecule has 2 rings (SSSR count). The van der Waals surface area contributed by atoms with E-state index in [-0.39, 0.29) is 24.3 Å². The van der Waals surface area contributed by atoms with Crippen LogP contribution in [0.4, 0.5) is 4.79 Å². The van der Waals surface area contributed by atoms with Crippen molar-refractivity contribution in [2.45, 2.75) is 51.9 Å². The maximum absolute atomic E-state index is 12.3. The predicted octanol–water partition coefficient (Wildman–Crippen LogP) is 2.83. The second-order valence-electron chi connectivity index (χ2n) is 6.04. The number of carbonyl (C=O) groups is 1. The molecule has 0 saturated carbocycles. The minimum absolute atomic E-state index is 0.0255. The minimum atomic E-state index is 0.0255. The first-order chi connectivity index (χ1) is 10.0. The molecule has 0 aromatic heterocycles. The van der Waals surface area contributed by atoms with Gasteiger partial charge in [-0.3, -0.25) is 0 Å². The molecule has 1 aromatic carbocycles. The first-order valence-electron chi connectivity index (χ1n) is 7.79. The summed E-state index contributed by atoms with van der Waals surface area (Å²) in [5.74, 6) is 0. The van der Waals surface area contributed by atoms with Crippen LogP contribution in [-0.4, -0.2) is 42.3 Å². The normalized spacial score (nSPS) is 23.7. The van der Waals surface area contributed by atoms with E-state index < -0.39 is 0 Å². The first kappa shape index (κ1) is 15.8. The molecule has 1 aliphatic heterocycles. The van der Waals surface area contributed by atoms with E-state index >= 15 is 0 Å². The fraction of sp³-hybridized carbons (Fsp3) is 0.588. The van der Waals surface area contributed by atoms with Crippen molar-refractivity contribution in [2.24, 2.45) is 0 Å². The highest BCUT2D eigenvalue weighted by Crippen LogP contribution is 2.11. The Morgan fingerprint density at radius 1 is 1.29 bits per heavy atom. The zero-order chi connectivity index (χ0) is 15.2. The quantitative estimate of drug-likeness (QED) is 0.926. The van der Waals surface area contributed by atoms with Crippen LogP contribution in [0.15, 0.2) is 30.3 Å². The lowest BCUT2D eigenvalue weighted by Gasteiger charge is -2.35. The molecular formula is C17H26N2O2. The predicted molar refractivity (Wildman–Crippen MR) is 84.3 cm³/mol. The van der Waals surface area contributed by atoms with Crippen LogP contribution in [0, 0.1) is 0 Å². The van der Waals surface area contributed by atoms with Crippen LogP contribution in [0.25, 0.3) is 0 Å². The summed E-state index contributed by atoms with van der Waals surface area (Å²) >= 11 is 0. The van der Waals surface area contributed by atoms with E-state index in [2.05, 4.69) is 36.5 Å². The molecule has 4 nitrogen and oxygen atoms in total. The Morgan fingerprint density at radius 2 is 1.90 bits per heavy atom. The van der Waals surface area contributed by atoms with Gasteiger partial charge in [-0.25, -0.2) is 4.79 Å². The van der Waals surface area contributed by atoms with E-state index in [0.717, 1.165) is 12.8 Å². The molecule has 1 heterocycles. The number of amides is 2. The molecular weight excluding hydrogens is 264 g/mol. The molecule has 2 amide bonds. The summed E-state index contributed by atoms with van der Waals surface area (Å²) in [6.07, 6.45) is 2.15. The van der Waals surface area contributed by atoms with Gasteiger partial charge in [-0.05, 0) is 39.2 Å². The molecule has 3 unspecified atom stereocenters. The van der Waals surface area contributed by atoms with E-state index in [9.17, 15) is 4.79 Å². The lowest BCUT2D eigenvalue weighted by Crippen LogP contribution is -2.53. The highest BCUT2D eigenvalue weighted by Gasteiger charge is 2.26. The van der Waals surface area contributed by atoms with Gasteiger partial charge in [0.25, 0.3) is 0 Å². The number of urea groups is 1. The average Bonchev–Trinajstić information content (AvgIpc) is 2.45. The fourth-order valence-corrected chi connectivity index (χ4v) is 2.75. The third-order valence-electron chi connectivity index (χ3n) is 3.79. The number of morpholine rings is 1. The maximum Gasteiger partial charge on any atom is 0.317 e. The molecule has 1 aliphatic rings. The van der Waals surface area contributed by atoms with Gasteiger partial charge in [0.05, 0.1) is 12.2 Å². The zero-order valence-electron chi connectivity index (χ0n) is 13.2. The highest BCUT2D eigenvalue weighted by atomic mass is 16.5. The average molecular weight is 290 g/mol. The molecule has 1 N–H and O–H groups in total. The number of rotatable bonds is 4. The van der Waals surface area contributed by atoms with Crippen LogP contribution in [-0.2, 0) is 11.2 Å². The van der Waals surface area contributed by atoms with E-state index in [0.29, 0.717) is 13.1 Å². The summed E-state index contributed by atoms with van der Waals surface area (Å²) in [4.78, 5) is 14.1. The van der Waals surface area contributed by atoms with Crippen molar-refractivity contribution in [1.82, 2.24) is 10.2 Å². The maximum atomic E-state index is 12.3. The minimum Gasteiger partial charge on any atom is -0.372 e.